The fourth-order valence-electron chi connectivity index (χ4n) is 2.61. The molecule has 1 aliphatic heterocycles. The summed E-state index contributed by atoms with van der Waals surface area (Å²) in [5.74, 6) is 0.478. The Morgan fingerprint density at radius 3 is 2.52 bits per heavy atom. The number of carbonyl (C=O) groups is 2. The molecule has 2 aromatic rings. The molecule has 0 aromatic heterocycles. The molecule has 1 atom stereocenters. The summed E-state index contributed by atoms with van der Waals surface area (Å²) in [6.07, 6.45) is 0.0524. The van der Waals surface area contributed by atoms with Gasteiger partial charge in [0.25, 0.3) is 5.91 Å². The topological polar surface area (TPSA) is 73.9 Å². The molecule has 25 heavy (non-hydrogen) atoms. The van der Waals surface area contributed by atoms with Crippen LogP contribution in [0.4, 0.5) is 0 Å². The van der Waals surface area contributed by atoms with Gasteiger partial charge < -0.3 is 19.5 Å². The molecule has 1 aliphatic rings. The van der Waals surface area contributed by atoms with Crippen molar-refractivity contribution >= 4 is 11.9 Å². The average Bonchev–Trinajstić information content (AvgIpc) is 2.67. The maximum atomic E-state index is 12.6. The highest BCUT2D eigenvalue weighted by Gasteiger charge is 2.21. The van der Waals surface area contributed by atoms with Crippen LogP contribution in [0.3, 0.4) is 0 Å². The van der Waals surface area contributed by atoms with Crippen LogP contribution in [0.25, 0.3) is 0 Å². The number of methoxy groups -OCH3 is 1. The lowest BCUT2D eigenvalue weighted by atomic mass is 10.0. The number of benzene rings is 2. The van der Waals surface area contributed by atoms with E-state index >= 15 is 0 Å². The Balaban J connectivity index is 1.79. The SMILES string of the molecule is COC(=O)C[C@@H](NC(=O)c1ccc2c(c1)OCCO2)c1ccccc1. The number of nitrogens with one attached hydrogen (secondary N) is 1. The Kier molecular flexibility index (Phi) is 5.18. The lowest BCUT2D eigenvalue weighted by Crippen LogP contribution is -2.30. The standard InChI is InChI=1S/C19H19NO5/c1-23-18(21)12-15(13-5-3-2-4-6-13)20-19(22)14-7-8-16-17(11-14)25-10-9-24-16/h2-8,11,15H,9-10,12H2,1H3,(H,20,22)/t15-/m1/s1. The van der Waals surface area contributed by atoms with Crippen molar-refractivity contribution in [3.63, 3.8) is 0 Å². The largest absolute Gasteiger partial charge is 0.486 e. The lowest BCUT2D eigenvalue weighted by Gasteiger charge is -2.20. The van der Waals surface area contributed by atoms with Crippen molar-refractivity contribution in [3.05, 3.63) is 59.7 Å². The molecular formula is C19H19NO5. The van der Waals surface area contributed by atoms with Crippen LogP contribution in [0.1, 0.15) is 28.4 Å². The summed E-state index contributed by atoms with van der Waals surface area (Å²) < 4.78 is 15.7. The fourth-order valence-corrected chi connectivity index (χ4v) is 2.61. The van der Waals surface area contributed by atoms with Gasteiger partial charge >= 0.3 is 5.97 Å². The Labute approximate surface area is 145 Å². The van der Waals surface area contributed by atoms with E-state index in [-0.39, 0.29) is 12.3 Å². The zero-order chi connectivity index (χ0) is 17.6. The molecule has 0 unspecified atom stereocenters. The molecule has 130 valence electrons. The number of fused-ring (bicyclic) bond motifs is 1. The number of carbonyl (C=O) groups excluding carboxylic acids is 2. The lowest BCUT2D eigenvalue weighted by molar-refractivity contribution is -0.141. The third kappa shape index (κ3) is 4.09. The van der Waals surface area contributed by atoms with Crippen LogP contribution >= 0.6 is 0 Å². The molecule has 6 heteroatoms. The van der Waals surface area contributed by atoms with Crippen molar-refractivity contribution in [2.24, 2.45) is 0 Å². The van der Waals surface area contributed by atoms with E-state index in [0.29, 0.717) is 30.3 Å². The zero-order valence-electron chi connectivity index (χ0n) is 13.9. The predicted molar refractivity (Wildman–Crippen MR) is 90.7 cm³/mol. The van der Waals surface area contributed by atoms with Gasteiger partial charge in [0.2, 0.25) is 0 Å². The Morgan fingerprint density at radius 1 is 1.08 bits per heavy atom. The van der Waals surface area contributed by atoms with Crippen molar-refractivity contribution in [2.45, 2.75) is 12.5 Å². The Bertz CT molecular complexity index is 760. The van der Waals surface area contributed by atoms with Crippen molar-refractivity contribution < 1.29 is 23.8 Å². The Hall–Kier alpha value is -3.02. The van der Waals surface area contributed by atoms with Gasteiger partial charge in [-0.2, -0.15) is 0 Å². The van der Waals surface area contributed by atoms with Crippen LogP contribution in [-0.2, 0) is 9.53 Å². The predicted octanol–water partition coefficient (Wildman–Crippen LogP) is 2.49. The van der Waals surface area contributed by atoms with Gasteiger partial charge in [-0.05, 0) is 23.8 Å². The van der Waals surface area contributed by atoms with Gasteiger partial charge in [-0.1, -0.05) is 30.3 Å². The molecule has 0 bridgehead atoms. The van der Waals surface area contributed by atoms with Gasteiger partial charge in [-0.25, -0.2) is 0 Å². The summed E-state index contributed by atoms with van der Waals surface area (Å²) in [6, 6.07) is 13.9. The summed E-state index contributed by atoms with van der Waals surface area (Å²) in [5, 5.41) is 2.89. The molecule has 0 spiro atoms. The van der Waals surface area contributed by atoms with Gasteiger partial charge in [0, 0.05) is 5.56 Å². The first-order chi connectivity index (χ1) is 12.2. The molecule has 0 aliphatic carbocycles. The minimum Gasteiger partial charge on any atom is -0.486 e. The summed E-state index contributed by atoms with van der Waals surface area (Å²) >= 11 is 0. The summed E-state index contributed by atoms with van der Waals surface area (Å²) in [6.45, 7) is 0.945. The molecule has 3 rings (SSSR count). The van der Waals surface area contributed by atoms with E-state index in [2.05, 4.69) is 5.32 Å². The van der Waals surface area contributed by atoms with E-state index in [1.807, 2.05) is 30.3 Å². The maximum absolute atomic E-state index is 12.6. The summed E-state index contributed by atoms with van der Waals surface area (Å²) in [7, 11) is 1.33. The average molecular weight is 341 g/mol. The minimum absolute atomic E-state index is 0.0524. The number of amides is 1. The number of esters is 1. The monoisotopic (exact) mass is 341 g/mol. The first-order valence-electron chi connectivity index (χ1n) is 7.99. The maximum Gasteiger partial charge on any atom is 0.307 e. The van der Waals surface area contributed by atoms with E-state index in [4.69, 9.17) is 14.2 Å². The minimum atomic E-state index is -0.477. The van der Waals surface area contributed by atoms with Crippen LogP contribution in [0.2, 0.25) is 0 Å². The second-order valence-electron chi connectivity index (χ2n) is 5.58. The van der Waals surface area contributed by atoms with E-state index in [1.54, 1.807) is 18.2 Å². The molecule has 2 aromatic carbocycles. The van der Waals surface area contributed by atoms with Gasteiger partial charge in [-0.15, -0.1) is 0 Å². The highest BCUT2D eigenvalue weighted by molar-refractivity contribution is 5.95. The molecule has 1 amide bonds. The van der Waals surface area contributed by atoms with Crippen molar-refractivity contribution in [1.82, 2.24) is 5.32 Å². The number of hydrogen-bond acceptors (Lipinski definition) is 5. The van der Waals surface area contributed by atoms with E-state index in [9.17, 15) is 9.59 Å². The number of ether oxygens (including phenoxy) is 3. The fraction of sp³-hybridized carbons (Fsp3) is 0.263. The highest BCUT2D eigenvalue weighted by Crippen LogP contribution is 2.31. The molecule has 0 saturated carbocycles. The Morgan fingerprint density at radius 2 is 1.80 bits per heavy atom. The third-order valence-electron chi connectivity index (χ3n) is 3.91. The quantitative estimate of drug-likeness (QED) is 0.846. The van der Waals surface area contributed by atoms with Crippen LogP contribution in [0.5, 0.6) is 11.5 Å². The second-order valence-corrected chi connectivity index (χ2v) is 5.58. The molecule has 0 radical (unpaired) electrons. The highest BCUT2D eigenvalue weighted by atomic mass is 16.6. The van der Waals surface area contributed by atoms with Crippen molar-refractivity contribution in [1.29, 1.82) is 0 Å². The van der Waals surface area contributed by atoms with Crippen LogP contribution in [0, 0.1) is 0 Å². The first-order valence-corrected chi connectivity index (χ1v) is 7.99. The normalized spacial score (nSPS) is 13.6. The van der Waals surface area contributed by atoms with Gasteiger partial charge in [-0.3, -0.25) is 9.59 Å². The second kappa shape index (κ2) is 7.70. The molecule has 0 saturated heterocycles. The summed E-state index contributed by atoms with van der Waals surface area (Å²) in [4.78, 5) is 24.3. The third-order valence-corrected chi connectivity index (χ3v) is 3.91. The molecule has 0 fully saturated rings. The van der Waals surface area contributed by atoms with Crippen molar-refractivity contribution in [2.75, 3.05) is 20.3 Å². The molecular weight excluding hydrogens is 322 g/mol. The van der Waals surface area contributed by atoms with E-state index in [0.717, 1.165) is 5.56 Å². The van der Waals surface area contributed by atoms with Gasteiger partial charge in [0.05, 0.1) is 19.6 Å². The first kappa shape index (κ1) is 16.8. The van der Waals surface area contributed by atoms with Gasteiger partial charge in [0.15, 0.2) is 11.5 Å². The molecule has 1 heterocycles. The summed E-state index contributed by atoms with van der Waals surface area (Å²) in [5.41, 5.74) is 1.27. The number of rotatable bonds is 5. The van der Waals surface area contributed by atoms with E-state index in [1.165, 1.54) is 7.11 Å². The molecule has 1 N–H and O–H groups in total. The van der Waals surface area contributed by atoms with Crippen LogP contribution in [-0.4, -0.2) is 32.2 Å². The van der Waals surface area contributed by atoms with E-state index < -0.39 is 12.0 Å². The van der Waals surface area contributed by atoms with Crippen LogP contribution < -0.4 is 14.8 Å². The number of hydrogen-bond donors (Lipinski definition) is 1. The zero-order valence-corrected chi connectivity index (χ0v) is 13.9. The smallest absolute Gasteiger partial charge is 0.307 e. The van der Waals surface area contributed by atoms with Gasteiger partial charge in [0.1, 0.15) is 13.2 Å². The molecule has 6 nitrogen and oxygen atoms in total. The van der Waals surface area contributed by atoms with Crippen molar-refractivity contribution in [3.8, 4) is 11.5 Å². The van der Waals surface area contributed by atoms with Crippen LogP contribution in [0.15, 0.2) is 48.5 Å².